The van der Waals surface area contributed by atoms with E-state index in [1.165, 1.54) is 11.8 Å². The zero-order chi connectivity index (χ0) is 22.4. The SMILES string of the molecule is COC(=O)c1sc(=N[C@H](C)[C@@H](O)c2ccccc2)n(NC(=O)Nc2ccccc2)c1C. The van der Waals surface area contributed by atoms with Crippen molar-refractivity contribution in [3.63, 3.8) is 0 Å². The first kappa shape index (κ1) is 22.3. The highest BCUT2D eigenvalue weighted by Crippen LogP contribution is 2.19. The molecule has 0 fully saturated rings. The highest BCUT2D eigenvalue weighted by molar-refractivity contribution is 7.11. The van der Waals surface area contributed by atoms with Gasteiger partial charge in [0.1, 0.15) is 11.0 Å². The van der Waals surface area contributed by atoms with Gasteiger partial charge in [-0.2, -0.15) is 0 Å². The van der Waals surface area contributed by atoms with Crippen molar-refractivity contribution in [1.29, 1.82) is 0 Å². The summed E-state index contributed by atoms with van der Waals surface area (Å²) in [5, 5.41) is 13.4. The van der Waals surface area contributed by atoms with E-state index in [1.807, 2.05) is 36.4 Å². The number of aliphatic hydroxyl groups is 1. The number of nitrogens with one attached hydrogen (secondary N) is 2. The number of esters is 1. The maximum absolute atomic E-state index is 12.5. The summed E-state index contributed by atoms with van der Waals surface area (Å²) in [4.78, 5) is 29.9. The Balaban J connectivity index is 1.93. The molecule has 0 bridgehead atoms. The summed E-state index contributed by atoms with van der Waals surface area (Å²) in [7, 11) is 1.29. The smallest absolute Gasteiger partial charge is 0.350 e. The van der Waals surface area contributed by atoms with Crippen molar-refractivity contribution in [3.8, 4) is 0 Å². The number of carbonyl (C=O) groups is 2. The number of methoxy groups -OCH3 is 1. The molecule has 1 aromatic heterocycles. The molecule has 2 atom stereocenters. The summed E-state index contributed by atoms with van der Waals surface area (Å²) in [5.74, 6) is -0.528. The van der Waals surface area contributed by atoms with Crippen LogP contribution in [0.2, 0.25) is 0 Å². The Morgan fingerprint density at radius 3 is 2.32 bits per heavy atom. The molecule has 3 aromatic rings. The van der Waals surface area contributed by atoms with E-state index in [1.54, 1.807) is 38.1 Å². The van der Waals surface area contributed by atoms with Crippen LogP contribution in [0.25, 0.3) is 0 Å². The highest BCUT2D eigenvalue weighted by atomic mass is 32.1. The molecule has 3 N–H and O–H groups in total. The van der Waals surface area contributed by atoms with Gasteiger partial charge in [-0.05, 0) is 31.5 Å². The van der Waals surface area contributed by atoms with Crippen molar-refractivity contribution >= 4 is 29.0 Å². The number of benzene rings is 2. The van der Waals surface area contributed by atoms with Crippen LogP contribution in [0.5, 0.6) is 0 Å². The lowest BCUT2D eigenvalue weighted by atomic mass is 10.0. The van der Waals surface area contributed by atoms with Crippen LogP contribution in [0.1, 0.15) is 34.0 Å². The number of nitrogens with zero attached hydrogens (tertiary/aromatic N) is 2. The fourth-order valence-electron chi connectivity index (χ4n) is 2.91. The maximum atomic E-state index is 12.5. The molecule has 31 heavy (non-hydrogen) atoms. The number of aromatic nitrogens is 1. The minimum absolute atomic E-state index is 0.308. The minimum Gasteiger partial charge on any atom is -0.465 e. The third-order valence-corrected chi connectivity index (χ3v) is 5.71. The topological polar surface area (TPSA) is 105 Å². The van der Waals surface area contributed by atoms with E-state index in [4.69, 9.17) is 4.74 Å². The molecule has 0 saturated heterocycles. The number of para-hydroxylation sites is 1. The Kier molecular flexibility index (Phi) is 7.22. The van der Waals surface area contributed by atoms with Crippen LogP contribution in [0.15, 0.2) is 65.7 Å². The summed E-state index contributed by atoms with van der Waals surface area (Å²) in [5.41, 5.74) is 4.52. The van der Waals surface area contributed by atoms with Gasteiger partial charge in [0.2, 0.25) is 4.80 Å². The van der Waals surface area contributed by atoms with Crippen LogP contribution >= 0.6 is 11.3 Å². The first-order valence-electron chi connectivity index (χ1n) is 9.61. The maximum Gasteiger partial charge on any atom is 0.350 e. The van der Waals surface area contributed by atoms with E-state index in [0.29, 0.717) is 21.1 Å². The number of rotatable bonds is 6. The van der Waals surface area contributed by atoms with Crippen LogP contribution in [0.4, 0.5) is 10.5 Å². The van der Waals surface area contributed by atoms with Gasteiger partial charge >= 0.3 is 12.0 Å². The van der Waals surface area contributed by atoms with Gasteiger partial charge in [-0.25, -0.2) is 19.7 Å². The predicted molar refractivity (Wildman–Crippen MR) is 120 cm³/mol. The molecule has 8 nitrogen and oxygen atoms in total. The molecule has 0 radical (unpaired) electrons. The fourth-order valence-corrected chi connectivity index (χ4v) is 3.99. The molecular weight excluding hydrogens is 416 g/mol. The van der Waals surface area contributed by atoms with Crippen LogP contribution in [-0.2, 0) is 4.74 Å². The molecule has 3 rings (SSSR count). The molecule has 162 valence electrons. The van der Waals surface area contributed by atoms with Gasteiger partial charge in [0.05, 0.1) is 18.8 Å². The fraction of sp³-hybridized carbons (Fsp3) is 0.227. The Labute approximate surface area is 183 Å². The van der Waals surface area contributed by atoms with E-state index in [9.17, 15) is 14.7 Å². The number of aliphatic hydroxyl groups excluding tert-OH is 1. The summed E-state index contributed by atoms with van der Waals surface area (Å²) < 4.78 is 6.27. The molecule has 2 aromatic carbocycles. The Hall–Kier alpha value is -3.43. The van der Waals surface area contributed by atoms with Crippen LogP contribution in [-0.4, -0.2) is 34.9 Å². The third kappa shape index (κ3) is 5.39. The monoisotopic (exact) mass is 440 g/mol. The average molecular weight is 441 g/mol. The van der Waals surface area contributed by atoms with Gasteiger partial charge in [-0.3, -0.25) is 4.99 Å². The van der Waals surface area contributed by atoms with Crippen LogP contribution in [0, 0.1) is 6.92 Å². The molecule has 0 aliphatic carbocycles. The average Bonchev–Trinajstić information content (AvgIpc) is 3.08. The number of ether oxygens (including phenoxy) is 1. The number of carbonyl (C=O) groups excluding carboxylic acids is 2. The second-order valence-electron chi connectivity index (χ2n) is 6.78. The van der Waals surface area contributed by atoms with Gasteiger partial charge in [0, 0.05) is 5.69 Å². The first-order chi connectivity index (χ1) is 14.9. The van der Waals surface area contributed by atoms with Crippen molar-refractivity contribution in [2.24, 2.45) is 4.99 Å². The van der Waals surface area contributed by atoms with Crippen molar-refractivity contribution in [2.75, 3.05) is 17.9 Å². The van der Waals surface area contributed by atoms with Crippen LogP contribution in [0.3, 0.4) is 0 Å². The number of hydrogen-bond acceptors (Lipinski definition) is 6. The summed E-state index contributed by atoms with van der Waals surface area (Å²) in [6, 6.07) is 17.1. The second-order valence-corrected chi connectivity index (χ2v) is 7.76. The van der Waals surface area contributed by atoms with Crippen molar-refractivity contribution < 1.29 is 19.4 Å². The Morgan fingerprint density at radius 1 is 1.10 bits per heavy atom. The van der Waals surface area contributed by atoms with E-state index in [-0.39, 0.29) is 0 Å². The van der Waals surface area contributed by atoms with E-state index in [2.05, 4.69) is 15.7 Å². The summed E-state index contributed by atoms with van der Waals surface area (Å²) in [6.07, 6.45) is -0.850. The lowest BCUT2D eigenvalue weighted by Gasteiger charge is -2.15. The molecule has 0 aliphatic rings. The van der Waals surface area contributed by atoms with E-state index >= 15 is 0 Å². The molecule has 9 heteroatoms. The lowest BCUT2D eigenvalue weighted by molar-refractivity contribution is 0.0605. The predicted octanol–water partition coefficient (Wildman–Crippen LogP) is 3.44. The van der Waals surface area contributed by atoms with E-state index in [0.717, 1.165) is 16.9 Å². The number of thiazole rings is 1. The third-order valence-electron chi connectivity index (χ3n) is 4.58. The van der Waals surface area contributed by atoms with Gasteiger partial charge in [0.15, 0.2) is 0 Å². The van der Waals surface area contributed by atoms with Crippen molar-refractivity contribution in [2.45, 2.75) is 26.0 Å². The number of hydrogen-bond donors (Lipinski definition) is 3. The van der Waals surface area contributed by atoms with Gasteiger partial charge in [-0.1, -0.05) is 59.9 Å². The molecular formula is C22H24N4O4S. The molecule has 1 heterocycles. The largest absolute Gasteiger partial charge is 0.465 e. The second kappa shape index (κ2) is 10.1. The van der Waals surface area contributed by atoms with Gasteiger partial charge in [-0.15, -0.1) is 0 Å². The lowest BCUT2D eigenvalue weighted by Crippen LogP contribution is -2.35. The van der Waals surface area contributed by atoms with Crippen LogP contribution < -0.4 is 15.5 Å². The molecule has 0 spiro atoms. The molecule has 0 aliphatic heterocycles. The van der Waals surface area contributed by atoms with Gasteiger partial charge in [0.25, 0.3) is 0 Å². The summed E-state index contributed by atoms with van der Waals surface area (Å²) >= 11 is 1.08. The Bertz CT molecular complexity index is 1110. The normalized spacial score (nSPS) is 13.4. The first-order valence-corrected chi connectivity index (χ1v) is 10.4. The molecule has 0 saturated carbocycles. The van der Waals surface area contributed by atoms with Gasteiger partial charge < -0.3 is 15.2 Å². The van der Waals surface area contributed by atoms with Crippen molar-refractivity contribution in [1.82, 2.24) is 4.68 Å². The Morgan fingerprint density at radius 2 is 1.71 bits per heavy atom. The highest BCUT2D eigenvalue weighted by Gasteiger charge is 2.21. The van der Waals surface area contributed by atoms with E-state index < -0.39 is 24.1 Å². The zero-order valence-electron chi connectivity index (χ0n) is 17.4. The zero-order valence-corrected chi connectivity index (χ0v) is 18.2. The molecule has 2 amide bonds. The number of amides is 2. The molecule has 0 unspecified atom stereocenters. The van der Waals surface area contributed by atoms with Crippen molar-refractivity contribution in [3.05, 3.63) is 81.6 Å². The number of anilines is 1. The summed E-state index contributed by atoms with van der Waals surface area (Å²) in [6.45, 7) is 3.45. The number of urea groups is 1. The minimum atomic E-state index is -0.850. The standard InChI is InChI=1S/C22H24N4O4S/c1-14(18(27)16-10-6-4-7-11-16)23-22-26(15(2)19(31-22)20(28)30-3)25-21(29)24-17-12-8-5-9-13-17/h4-14,18,27H,1-3H3,(H2,24,25,29)/t14-,18-/m1/s1. The quantitative estimate of drug-likeness (QED) is 0.511.